The van der Waals surface area contributed by atoms with E-state index in [9.17, 15) is 18.0 Å². The number of rotatable bonds is 6. The number of aromatic nitrogens is 2. The summed E-state index contributed by atoms with van der Waals surface area (Å²) in [6, 6.07) is 12.6. The molecule has 158 valence electrons. The highest BCUT2D eigenvalue weighted by Crippen LogP contribution is 2.29. The molecule has 9 nitrogen and oxygen atoms in total. The van der Waals surface area contributed by atoms with Gasteiger partial charge < -0.3 is 10.6 Å². The third-order valence-electron chi connectivity index (χ3n) is 5.39. The first kappa shape index (κ1) is 20.2. The minimum absolute atomic E-state index is 0.0267. The van der Waals surface area contributed by atoms with E-state index in [0.29, 0.717) is 24.0 Å². The van der Waals surface area contributed by atoms with Crippen LogP contribution < -0.4 is 26.6 Å². The lowest BCUT2D eigenvalue weighted by atomic mass is 9.87. The minimum Gasteiger partial charge on any atom is -0.387 e. The average Bonchev–Trinajstić information content (AvgIpc) is 2.70. The number of H-pyrrole nitrogens is 1. The molecule has 4 N–H and O–H groups in total. The van der Waals surface area contributed by atoms with Gasteiger partial charge in [0.05, 0.1) is 16.6 Å². The van der Waals surface area contributed by atoms with Crippen molar-refractivity contribution in [2.75, 3.05) is 17.7 Å². The molecule has 10 heteroatoms. The van der Waals surface area contributed by atoms with Crippen molar-refractivity contribution in [3.05, 3.63) is 63.3 Å². The number of aryl methyl sites for hydroxylation is 1. The summed E-state index contributed by atoms with van der Waals surface area (Å²) in [5, 5.41) is 6.36. The maximum absolute atomic E-state index is 13.0. The normalized spacial score (nSPS) is 18.7. The predicted octanol–water partition coefficient (Wildman–Crippen LogP) is 1.19. The average molecular weight is 430 g/mol. The van der Waals surface area contributed by atoms with Crippen LogP contribution in [0.3, 0.4) is 0 Å². The molecule has 0 unspecified atom stereocenters. The minimum atomic E-state index is -3.87. The fourth-order valence-electron chi connectivity index (χ4n) is 3.69. The molecule has 1 fully saturated rings. The number of benzene rings is 2. The first-order valence-corrected chi connectivity index (χ1v) is 11.1. The molecule has 0 atom stereocenters. The van der Waals surface area contributed by atoms with E-state index in [1.165, 1.54) is 23.7 Å². The van der Waals surface area contributed by atoms with Crippen LogP contribution in [0.25, 0.3) is 10.9 Å². The van der Waals surface area contributed by atoms with Crippen LogP contribution in [-0.2, 0) is 17.1 Å². The number of fused-ring (bicyclic) bond motifs is 1. The fourth-order valence-corrected chi connectivity index (χ4v) is 5.17. The summed E-state index contributed by atoms with van der Waals surface area (Å²) in [7, 11) is -0.765. The van der Waals surface area contributed by atoms with Crippen LogP contribution in [0.1, 0.15) is 12.8 Å². The van der Waals surface area contributed by atoms with Crippen molar-refractivity contribution in [3.8, 4) is 0 Å². The number of anilines is 2. The Morgan fingerprint density at radius 3 is 2.43 bits per heavy atom. The van der Waals surface area contributed by atoms with Crippen molar-refractivity contribution in [2.24, 2.45) is 7.05 Å². The van der Waals surface area contributed by atoms with E-state index in [1.54, 1.807) is 7.05 Å². The Bertz CT molecular complexity index is 1310. The lowest BCUT2D eigenvalue weighted by Crippen LogP contribution is -2.49. The second kappa shape index (κ2) is 7.62. The smallest absolute Gasteiger partial charge is 0.328 e. The third-order valence-corrected chi connectivity index (χ3v) is 6.95. The summed E-state index contributed by atoms with van der Waals surface area (Å²) < 4.78 is 30.1. The largest absolute Gasteiger partial charge is 0.387 e. The molecule has 1 aliphatic rings. The molecule has 0 radical (unpaired) electrons. The standard InChI is InChI=1S/C20H23N5O4S/c1-21-16-11-17-15(19(26)23-20(27)25(17)2)10-18(16)30(28,29)24-14-8-13(9-14)22-12-6-4-3-5-7-12/h3-7,10-11,13-14,21-22,24H,8-9H2,1-2H3,(H,23,26,27). The zero-order valence-electron chi connectivity index (χ0n) is 16.6. The third kappa shape index (κ3) is 3.71. The first-order chi connectivity index (χ1) is 14.3. The molecular formula is C20H23N5O4S. The molecule has 0 aliphatic heterocycles. The van der Waals surface area contributed by atoms with Crippen LogP contribution in [-0.4, -0.2) is 37.1 Å². The summed E-state index contributed by atoms with van der Waals surface area (Å²) in [4.78, 5) is 26.2. The molecule has 1 heterocycles. The topological polar surface area (TPSA) is 125 Å². The van der Waals surface area contributed by atoms with Gasteiger partial charge in [0.1, 0.15) is 4.90 Å². The molecule has 1 aromatic heterocycles. The molecule has 0 bridgehead atoms. The van der Waals surface area contributed by atoms with Crippen molar-refractivity contribution in [3.63, 3.8) is 0 Å². The van der Waals surface area contributed by atoms with Crippen molar-refractivity contribution < 1.29 is 8.42 Å². The van der Waals surface area contributed by atoms with Crippen LogP contribution in [0.5, 0.6) is 0 Å². The highest BCUT2D eigenvalue weighted by molar-refractivity contribution is 7.89. The summed E-state index contributed by atoms with van der Waals surface area (Å²) in [5.74, 6) is 0. The molecule has 3 aromatic rings. The Morgan fingerprint density at radius 2 is 1.77 bits per heavy atom. The summed E-state index contributed by atoms with van der Waals surface area (Å²) >= 11 is 0. The molecule has 0 amide bonds. The molecule has 2 aromatic carbocycles. The highest BCUT2D eigenvalue weighted by Gasteiger charge is 2.33. The van der Waals surface area contributed by atoms with Gasteiger partial charge in [0.25, 0.3) is 5.56 Å². The number of sulfonamides is 1. The first-order valence-electron chi connectivity index (χ1n) is 9.57. The predicted molar refractivity (Wildman–Crippen MR) is 117 cm³/mol. The monoisotopic (exact) mass is 429 g/mol. The van der Waals surface area contributed by atoms with Crippen LogP contribution >= 0.6 is 0 Å². The van der Waals surface area contributed by atoms with Crippen LogP contribution in [0.15, 0.2) is 56.9 Å². The van der Waals surface area contributed by atoms with Crippen LogP contribution in [0.4, 0.5) is 11.4 Å². The quantitative estimate of drug-likeness (QED) is 0.467. The van der Waals surface area contributed by atoms with Gasteiger partial charge in [-0.15, -0.1) is 0 Å². The molecule has 0 saturated heterocycles. The van der Waals surface area contributed by atoms with Gasteiger partial charge in [0.15, 0.2) is 0 Å². The van der Waals surface area contributed by atoms with E-state index >= 15 is 0 Å². The lowest BCUT2D eigenvalue weighted by molar-refractivity contribution is 0.346. The highest BCUT2D eigenvalue weighted by atomic mass is 32.2. The number of nitrogens with zero attached hydrogens (tertiary/aromatic N) is 1. The molecule has 0 spiro atoms. The zero-order valence-corrected chi connectivity index (χ0v) is 17.4. The van der Waals surface area contributed by atoms with E-state index in [1.807, 2.05) is 30.3 Å². The number of nitrogens with one attached hydrogen (secondary N) is 4. The van der Waals surface area contributed by atoms with E-state index in [-0.39, 0.29) is 22.4 Å². The maximum atomic E-state index is 13.0. The van der Waals surface area contributed by atoms with Gasteiger partial charge in [-0.1, -0.05) is 18.2 Å². The molecular weight excluding hydrogens is 406 g/mol. The second-order valence-electron chi connectivity index (χ2n) is 7.43. The Kier molecular flexibility index (Phi) is 5.12. The second-order valence-corrected chi connectivity index (χ2v) is 9.11. The van der Waals surface area contributed by atoms with Crippen molar-refractivity contribution in [1.29, 1.82) is 0 Å². The van der Waals surface area contributed by atoms with Crippen LogP contribution in [0, 0.1) is 0 Å². The molecule has 4 rings (SSSR count). The van der Waals surface area contributed by atoms with Gasteiger partial charge in [-0.3, -0.25) is 14.3 Å². The van der Waals surface area contributed by atoms with Gasteiger partial charge in [0.2, 0.25) is 10.0 Å². The number of para-hydroxylation sites is 1. The van der Waals surface area contributed by atoms with Gasteiger partial charge in [-0.05, 0) is 37.1 Å². The van der Waals surface area contributed by atoms with E-state index < -0.39 is 21.3 Å². The van der Waals surface area contributed by atoms with Crippen molar-refractivity contribution in [2.45, 2.75) is 29.8 Å². The summed E-state index contributed by atoms with van der Waals surface area (Å²) in [5.41, 5.74) is 0.482. The number of hydrogen-bond donors (Lipinski definition) is 4. The Balaban J connectivity index is 1.57. The van der Waals surface area contributed by atoms with Gasteiger partial charge in [-0.2, -0.15) is 0 Å². The van der Waals surface area contributed by atoms with E-state index in [4.69, 9.17) is 0 Å². The Morgan fingerprint density at radius 1 is 1.07 bits per heavy atom. The Hall–Kier alpha value is -3.11. The number of hydrogen-bond acceptors (Lipinski definition) is 6. The van der Waals surface area contributed by atoms with Crippen molar-refractivity contribution in [1.82, 2.24) is 14.3 Å². The molecule has 30 heavy (non-hydrogen) atoms. The Labute approximate surface area is 173 Å². The fraction of sp³-hybridized carbons (Fsp3) is 0.300. The zero-order chi connectivity index (χ0) is 21.5. The summed E-state index contributed by atoms with van der Waals surface area (Å²) in [6.07, 6.45) is 1.32. The van der Waals surface area contributed by atoms with E-state index in [0.717, 1.165) is 5.69 Å². The SMILES string of the molecule is CNc1cc2c(cc1S(=O)(=O)NC1CC(Nc3ccccc3)C1)c(=O)[nH]c(=O)n2C. The van der Waals surface area contributed by atoms with Gasteiger partial charge in [-0.25, -0.2) is 17.9 Å². The van der Waals surface area contributed by atoms with Crippen LogP contribution in [0.2, 0.25) is 0 Å². The van der Waals surface area contributed by atoms with Gasteiger partial charge >= 0.3 is 5.69 Å². The van der Waals surface area contributed by atoms with Gasteiger partial charge in [0, 0.05) is 31.9 Å². The van der Waals surface area contributed by atoms with Crippen molar-refractivity contribution >= 4 is 32.3 Å². The molecule has 1 aliphatic carbocycles. The van der Waals surface area contributed by atoms with E-state index in [2.05, 4.69) is 20.3 Å². The lowest BCUT2D eigenvalue weighted by Gasteiger charge is -2.36. The maximum Gasteiger partial charge on any atom is 0.328 e. The summed E-state index contributed by atoms with van der Waals surface area (Å²) in [6.45, 7) is 0. The molecule has 1 saturated carbocycles. The number of aromatic amines is 1.